The zero-order chi connectivity index (χ0) is 19.3. The summed E-state index contributed by atoms with van der Waals surface area (Å²) in [4.78, 5) is 14.7. The predicted octanol–water partition coefficient (Wildman–Crippen LogP) is 2.22. The molecule has 28 heavy (non-hydrogen) atoms. The first-order valence-corrected chi connectivity index (χ1v) is 10.5. The van der Waals surface area contributed by atoms with Gasteiger partial charge in [-0.3, -0.25) is 9.69 Å². The van der Waals surface area contributed by atoms with Gasteiger partial charge in [0.1, 0.15) is 5.75 Å². The van der Waals surface area contributed by atoms with Crippen LogP contribution in [0.15, 0.2) is 24.3 Å². The molecule has 0 saturated carbocycles. The molecule has 0 spiro atoms. The molecule has 3 aliphatic heterocycles. The summed E-state index contributed by atoms with van der Waals surface area (Å²) in [7, 11) is 1.70. The van der Waals surface area contributed by atoms with Crippen molar-refractivity contribution in [1.29, 1.82) is 0 Å². The summed E-state index contributed by atoms with van der Waals surface area (Å²) in [5.41, 5.74) is 1.27. The molecule has 154 valence electrons. The van der Waals surface area contributed by atoms with E-state index in [1.54, 1.807) is 7.11 Å². The summed E-state index contributed by atoms with van der Waals surface area (Å²) in [5, 5.41) is 3.10. The molecule has 6 heteroatoms. The summed E-state index contributed by atoms with van der Waals surface area (Å²) in [6, 6.07) is 8.25. The number of likely N-dealkylation sites (tertiary alicyclic amines) is 1. The van der Waals surface area contributed by atoms with Crippen LogP contribution >= 0.6 is 0 Å². The standard InChI is InChI=1S/C22H32N2O4/c1-26-19-4-2-3-17(9-19)13-24-14-18-10-20(28-21(18)15-24)11-22(25)23-12-16-5-7-27-8-6-16/h2-4,9,16,18,20-21H,5-8,10-15H2,1H3,(H,23,25)/t18-,20+,21+/m0/s1. The number of amides is 1. The SMILES string of the molecule is COc1cccc(CN2C[C@@H]3C[C@H](CC(=O)NCC4CCOCC4)O[C@@H]3C2)c1. The molecule has 0 bridgehead atoms. The van der Waals surface area contributed by atoms with Crippen molar-refractivity contribution in [2.24, 2.45) is 11.8 Å². The van der Waals surface area contributed by atoms with Gasteiger partial charge in [0.2, 0.25) is 5.91 Å². The van der Waals surface area contributed by atoms with E-state index in [-0.39, 0.29) is 18.1 Å². The number of nitrogens with one attached hydrogen (secondary N) is 1. The largest absolute Gasteiger partial charge is 0.497 e. The zero-order valence-electron chi connectivity index (χ0n) is 16.8. The second-order valence-electron chi connectivity index (χ2n) is 8.40. The summed E-state index contributed by atoms with van der Waals surface area (Å²) in [5.74, 6) is 2.13. The van der Waals surface area contributed by atoms with Gasteiger partial charge in [0.15, 0.2) is 0 Å². The van der Waals surface area contributed by atoms with Gasteiger partial charge in [-0.25, -0.2) is 0 Å². The Bertz CT molecular complexity index is 648. The minimum Gasteiger partial charge on any atom is -0.497 e. The third-order valence-corrected chi connectivity index (χ3v) is 6.27. The molecule has 6 nitrogen and oxygen atoms in total. The van der Waals surface area contributed by atoms with Gasteiger partial charge in [0, 0.05) is 45.3 Å². The normalized spacial score (nSPS) is 28.2. The summed E-state index contributed by atoms with van der Waals surface area (Å²) in [6.45, 7) is 5.33. The van der Waals surface area contributed by atoms with E-state index in [0.29, 0.717) is 18.3 Å². The van der Waals surface area contributed by atoms with Gasteiger partial charge in [-0.1, -0.05) is 12.1 Å². The Morgan fingerprint density at radius 2 is 2.14 bits per heavy atom. The van der Waals surface area contributed by atoms with Crippen molar-refractivity contribution in [1.82, 2.24) is 10.2 Å². The van der Waals surface area contributed by atoms with Crippen LogP contribution < -0.4 is 10.1 Å². The van der Waals surface area contributed by atoms with Crippen LogP contribution in [0.25, 0.3) is 0 Å². The van der Waals surface area contributed by atoms with Crippen LogP contribution in [0.1, 0.15) is 31.2 Å². The Balaban J connectivity index is 1.18. The van der Waals surface area contributed by atoms with Crippen LogP contribution in [0.2, 0.25) is 0 Å². The van der Waals surface area contributed by atoms with Crippen molar-refractivity contribution in [3.63, 3.8) is 0 Å². The summed E-state index contributed by atoms with van der Waals surface area (Å²) < 4.78 is 16.9. The van der Waals surface area contributed by atoms with Crippen molar-refractivity contribution in [2.75, 3.05) is 40.0 Å². The maximum atomic E-state index is 12.3. The lowest BCUT2D eigenvalue weighted by Crippen LogP contribution is -2.34. The number of methoxy groups -OCH3 is 1. The lowest BCUT2D eigenvalue weighted by molar-refractivity contribution is -0.124. The Labute approximate surface area is 167 Å². The van der Waals surface area contributed by atoms with E-state index in [1.165, 1.54) is 5.56 Å². The Hall–Kier alpha value is -1.63. The fourth-order valence-electron chi connectivity index (χ4n) is 4.73. The van der Waals surface area contributed by atoms with E-state index in [0.717, 1.165) is 64.4 Å². The maximum Gasteiger partial charge on any atom is 0.222 e. The van der Waals surface area contributed by atoms with Crippen LogP contribution in [0.5, 0.6) is 5.75 Å². The predicted molar refractivity (Wildman–Crippen MR) is 106 cm³/mol. The van der Waals surface area contributed by atoms with E-state index >= 15 is 0 Å². The molecule has 3 fully saturated rings. The number of rotatable bonds is 7. The molecular formula is C22H32N2O4. The van der Waals surface area contributed by atoms with Gasteiger partial charge < -0.3 is 19.5 Å². The van der Waals surface area contributed by atoms with Crippen LogP contribution in [0.4, 0.5) is 0 Å². The summed E-state index contributed by atoms with van der Waals surface area (Å²) in [6.07, 6.45) is 3.92. The molecule has 1 aromatic carbocycles. The molecule has 3 heterocycles. The van der Waals surface area contributed by atoms with Crippen LogP contribution in [-0.4, -0.2) is 63.0 Å². The molecule has 0 unspecified atom stereocenters. The number of nitrogens with zero attached hydrogens (tertiary/aromatic N) is 1. The van der Waals surface area contributed by atoms with Crippen molar-refractivity contribution >= 4 is 5.91 Å². The number of ether oxygens (including phenoxy) is 3. The smallest absolute Gasteiger partial charge is 0.222 e. The lowest BCUT2D eigenvalue weighted by atomic mass is 9.99. The third kappa shape index (κ3) is 5.04. The minimum absolute atomic E-state index is 0.0728. The van der Waals surface area contributed by atoms with Crippen LogP contribution in [0, 0.1) is 11.8 Å². The van der Waals surface area contributed by atoms with Crippen molar-refractivity contribution in [3.05, 3.63) is 29.8 Å². The van der Waals surface area contributed by atoms with Gasteiger partial charge in [-0.05, 0) is 42.9 Å². The number of fused-ring (bicyclic) bond motifs is 1. The first kappa shape index (κ1) is 19.7. The highest BCUT2D eigenvalue weighted by Gasteiger charge is 2.42. The fourth-order valence-corrected chi connectivity index (χ4v) is 4.73. The highest BCUT2D eigenvalue weighted by Crippen LogP contribution is 2.35. The summed E-state index contributed by atoms with van der Waals surface area (Å²) >= 11 is 0. The third-order valence-electron chi connectivity index (χ3n) is 6.27. The number of benzene rings is 1. The fraction of sp³-hybridized carbons (Fsp3) is 0.682. The van der Waals surface area contributed by atoms with Gasteiger partial charge in [0.25, 0.3) is 0 Å². The monoisotopic (exact) mass is 388 g/mol. The highest BCUT2D eigenvalue weighted by molar-refractivity contribution is 5.76. The second kappa shape index (κ2) is 9.25. The molecule has 3 aliphatic rings. The second-order valence-corrected chi connectivity index (χ2v) is 8.40. The highest BCUT2D eigenvalue weighted by atomic mass is 16.5. The first-order valence-electron chi connectivity index (χ1n) is 10.5. The number of carbonyl (C=O) groups is 1. The van der Waals surface area contributed by atoms with E-state index in [9.17, 15) is 4.79 Å². The van der Waals surface area contributed by atoms with Crippen molar-refractivity contribution < 1.29 is 19.0 Å². The van der Waals surface area contributed by atoms with Crippen LogP contribution in [-0.2, 0) is 20.8 Å². The first-order chi connectivity index (χ1) is 13.7. The Morgan fingerprint density at radius 1 is 1.29 bits per heavy atom. The molecule has 3 saturated heterocycles. The molecule has 0 aromatic heterocycles. The van der Waals surface area contributed by atoms with Gasteiger partial charge in [-0.2, -0.15) is 0 Å². The molecule has 1 N–H and O–H groups in total. The topological polar surface area (TPSA) is 60.0 Å². The van der Waals surface area contributed by atoms with Crippen molar-refractivity contribution in [3.8, 4) is 5.75 Å². The van der Waals surface area contributed by atoms with E-state index < -0.39 is 0 Å². The van der Waals surface area contributed by atoms with Gasteiger partial charge >= 0.3 is 0 Å². The van der Waals surface area contributed by atoms with E-state index in [4.69, 9.17) is 14.2 Å². The number of carbonyl (C=O) groups excluding carboxylic acids is 1. The van der Waals surface area contributed by atoms with Gasteiger partial charge in [0.05, 0.1) is 25.7 Å². The number of hydrogen-bond acceptors (Lipinski definition) is 5. The molecule has 4 rings (SSSR count). The van der Waals surface area contributed by atoms with Crippen molar-refractivity contribution in [2.45, 2.75) is 44.4 Å². The minimum atomic E-state index is 0.0728. The average molecular weight is 389 g/mol. The van der Waals surface area contributed by atoms with E-state index in [1.807, 2.05) is 12.1 Å². The molecule has 0 radical (unpaired) electrons. The van der Waals surface area contributed by atoms with Gasteiger partial charge in [-0.15, -0.1) is 0 Å². The number of hydrogen-bond donors (Lipinski definition) is 1. The molecule has 1 aromatic rings. The Morgan fingerprint density at radius 3 is 2.93 bits per heavy atom. The maximum absolute atomic E-state index is 12.3. The lowest BCUT2D eigenvalue weighted by Gasteiger charge is -2.23. The van der Waals surface area contributed by atoms with Crippen LogP contribution in [0.3, 0.4) is 0 Å². The quantitative estimate of drug-likeness (QED) is 0.776. The average Bonchev–Trinajstić information content (AvgIpc) is 3.25. The molecule has 1 amide bonds. The van der Waals surface area contributed by atoms with E-state index in [2.05, 4.69) is 22.3 Å². The zero-order valence-corrected chi connectivity index (χ0v) is 16.8. The molecule has 3 atom stereocenters. The molecule has 0 aliphatic carbocycles. The Kier molecular flexibility index (Phi) is 6.50. The molecular weight excluding hydrogens is 356 g/mol.